The largest absolute Gasteiger partial charge is 0.306 e. The van der Waals surface area contributed by atoms with E-state index in [1.165, 1.54) is 71.1 Å². The van der Waals surface area contributed by atoms with Gasteiger partial charge < -0.3 is 9.80 Å². The third kappa shape index (κ3) is 3.59. The van der Waals surface area contributed by atoms with Crippen molar-refractivity contribution in [2.75, 3.05) is 33.2 Å². The second-order valence-corrected chi connectivity index (χ2v) is 11.4. The van der Waals surface area contributed by atoms with Crippen molar-refractivity contribution in [2.45, 2.75) is 70.8 Å². The quantitative estimate of drug-likeness (QED) is 0.654. The molecule has 160 valence electrons. The lowest BCUT2D eigenvalue weighted by atomic mass is 9.63. The minimum atomic E-state index is 0.558. The number of nitrogens with zero attached hydrogens (tertiary/aromatic N) is 2. The van der Waals surface area contributed by atoms with E-state index in [2.05, 4.69) is 61.0 Å². The van der Waals surface area contributed by atoms with Crippen molar-refractivity contribution in [1.82, 2.24) is 9.80 Å². The first-order valence-electron chi connectivity index (χ1n) is 12.5. The Morgan fingerprint density at radius 3 is 2.28 bits per heavy atom. The molecule has 1 aromatic rings. The Balaban J connectivity index is 1.30. The van der Waals surface area contributed by atoms with E-state index in [1.807, 2.05) is 0 Å². The molecule has 29 heavy (non-hydrogen) atoms. The predicted octanol–water partition coefficient (Wildman–Crippen LogP) is 5.65. The monoisotopic (exact) mass is 394 g/mol. The zero-order valence-corrected chi connectivity index (χ0v) is 19.0. The van der Waals surface area contributed by atoms with E-state index in [1.54, 1.807) is 5.56 Å². The molecule has 2 heteroatoms. The Morgan fingerprint density at radius 2 is 1.62 bits per heavy atom. The topological polar surface area (TPSA) is 6.48 Å². The van der Waals surface area contributed by atoms with Crippen LogP contribution in [0.3, 0.4) is 0 Å². The molecule has 2 saturated carbocycles. The first-order valence-corrected chi connectivity index (χ1v) is 12.5. The summed E-state index contributed by atoms with van der Waals surface area (Å²) in [6, 6.07) is 12.5. The van der Waals surface area contributed by atoms with Gasteiger partial charge in [0, 0.05) is 19.1 Å². The van der Waals surface area contributed by atoms with Gasteiger partial charge in [-0.25, -0.2) is 0 Å². The zero-order chi connectivity index (χ0) is 20.0. The molecule has 5 rings (SSSR count). The molecule has 2 aliphatic carbocycles. The van der Waals surface area contributed by atoms with Crippen LogP contribution in [-0.2, 0) is 0 Å². The summed E-state index contributed by atoms with van der Waals surface area (Å²) in [5.41, 5.74) is 2.19. The highest BCUT2D eigenvalue weighted by Gasteiger charge is 2.58. The minimum absolute atomic E-state index is 0.558. The van der Waals surface area contributed by atoms with Crippen LogP contribution in [0.5, 0.6) is 0 Å². The van der Waals surface area contributed by atoms with E-state index in [4.69, 9.17) is 0 Å². The number of hydrogen-bond donors (Lipinski definition) is 0. The van der Waals surface area contributed by atoms with Crippen LogP contribution >= 0.6 is 0 Å². The molecule has 2 aliphatic heterocycles. The van der Waals surface area contributed by atoms with Crippen molar-refractivity contribution in [1.29, 1.82) is 0 Å². The summed E-state index contributed by atoms with van der Waals surface area (Å²) in [7, 11) is 2.35. The molecular weight excluding hydrogens is 352 g/mol. The number of fused-ring (bicyclic) bond motifs is 2. The summed E-state index contributed by atoms with van der Waals surface area (Å²) < 4.78 is 0. The van der Waals surface area contributed by atoms with Crippen LogP contribution < -0.4 is 0 Å². The maximum atomic E-state index is 2.91. The van der Waals surface area contributed by atoms with Crippen molar-refractivity contribution in [3.05, 3.63) is 35.9 Å². The maximum absolute atomic E-state index is 2.91. The van der Waals surface area contributed by atoms with Crippen LogP contribution in [0.1, 0.15) is 70.3 Å². The van der Waals surface area contributed by atoms with Crippen LogP contribution in [0.25, 0.3) is 0 Å². The molecule has 1 unspecified atom stereocenters. The van der Waals surface area contributed by atoms with E-state index < -0.39 is 0 Å². The summed E-state index contributed by atoms with van der Waals surface area (Å²) in [5.74, 6) is 4.51. The normalized spacial score (nSPS) is 38.0. The Hall–Kier alpha value is -0.860. The number of likely N-dealkylation sites (tertiary alicyclic amines) is 2. The number of hydrogen-bond acceptors (Lipinski definition) is 2. The predicted molar refractivity (Wildman–Crippen MR) is 122 cm³/mol. The lowest BCUT2D eigenvalue weighted by molar-refractivity contribution is 0.0159. The molecule has 2 heterocycles. The van der Waals surface area contributed by atoms with Crippen molar-refractivity contribution in [3.63, 3.8) is 0 Å². The molecule has 3 atom stereocenters. The van der Waals surface area contributed by atoms with Crippen molar-refractivity contribution >= 4 is 0 Å². The van der Waals surface area contributed by atoms with E-state index >= 15 is 0 Å². The van der Waals surface area contributed by atoms with Crippen molar-refractivity contribution in [3.8, 4) is 0 Å². The fourth-order valence-corrected chi connectivity index (χ4v) is 8.08. The zero-order valence-electron chi connectivity index (χ0n) is 19.0. The Labute approximate surface area is 179 Å². The maximum Gasteiger partial charge on any atom is 0.00954 e. The highest BCUT2D eigenvalue weighted by molar-refractivity contribution is 5.27. The lowest BCUT2D eigenvalue weighted by Gasteiger charge is -2.49. The van der Waals surface area contributed by atoms with Gasteiger partial charge in [0.05, 0.1) is 0 Å². The molecule has 0 aromatic heterocycles. The minimum Gasteiger partial charge on any atom is -0.306 e. The number of piperidine rings is 1. The van der Waals surface area contributed by atoms with Gasteiger partial charge in [-0.1, -0.05) is 44.2 Å². The number of benzene rings is 1. The highest BCUT2D eigenvalue weighted by Crippen LogP contribution is 2.62. The molecule has 1 aromatic carbocycles. The third-order valence-electron chi connectivity index (χ3n) is 9.73. The van der Waals surface area contributed by atoms with Gasteiger partial charge >= 0.3 is 0 Å². The molecule has 2 saturated heterocycles. The average Bonchev–Trinajstić information content (AvgIpc) is 3.25. The van der Waals surface area contributed by atoms with Crippen LogP contribution in [0.2, 0.25) is 0 Å². The van der Waals surface area contributed by atoms with E-state index in [-0.39, 0.29) is 0 Å². The third-order valence-corrected chi connectivity index (χ3v) is 9.73. The molecule has 4 aliphatic rings. The van der Waals surface area contributed by atoms with E-state index in [0.717, 1.165) is 35.6 Å². The lowest BCUT2D eigenvalue weighted by Crippen LogP contribution is -2.49. The second-order valence-electron chi connectivity index (χ2n) is 11.4. The van der Waals surface area contributed by atoms with Gasteiger partial charge in [-0.2, -0.15) is 0 Å². The van der Waals surface area contributed by atoms with E-state index in [0.29, 0.717) is 5.41 Å². The molecule has 2 nitrogen and oxygen atoms in total. The molecular formula is C27H42N2. The summed E-state index contributed by atoms with van der Waals surface area (Å²) in [5, 5.41) is 0. The van der Waals surface area contributed by atoms with Crippen LogP contribution in [-0.4, -0.2) is 49.1 Å². The number of rotatable bonds is 3. The van der Waals surface area contributed by atoms with Gasteiger partial charge in [-0.05, 0) is 106 Å². The average molecular weight is 395 g/mol. The molecule has 0 N–H and O–H groups in total. The van der Waals surface area contributed by atoms with Crippen LogP contribution in [0.4, 0.5) is 0 Å². The second kappa shape index (κ2) is 8.00. The highest BCUT2D eigenvalue weighted by atomic mass is 15.2. The van der Waals surface area contributed by atoms with Crippen LogP contribution in [0, 0.1) is 29.1 Å². The van der Waals surface area contributed by atoms with Crippen LogP contribution in [0.15, 0.2) is 30.3 Å². The fourth-order valence-electron chi connectivity index (χ4n) is 8.08. The van der Waals surface area contributed by atoms with Gasteiger partial charge in [-0.15, -0.1) is 0 Å². The van der Waals surface area contributed by atoms with Gasteiger partial charge in [0.15, 0.2) is 0 Å². The molecule has 0 radical (unpaired) electrons. The molecule has 1 spiro atoms. The Kier molecular flexibility index (Phi) is 5.54. The Bertz CT molecular complexity index is 667. The first kappa shape index (κ1) is 20.1. The summed E-state index contributed by atoms with van der Waals surface area (Å²) in [6.45, 7) is 10.2. The summed E-state index contributed by atoms with van der Waals surface area (Å²) in [6.07, 6.45) is 10.1. The summed E-state index contributed by atoms with van der Waals surface area (Å²) >= 11 is 0. The molecule has 0 amide bonds. The van der Waals surface area contributed by atoms with E-state index in [9.17, 15) is 0 Å². The van der Waals surface area contributed by atoms with Gasteiger partial charge in [-0.3, -0.25) is 0 Å². The smallest absolute Gasteiger partial charge is 0.00954 e. The standard InChI is InChI=1S/C27H42N2/c1-20(2)21-9-11-24(12-10-21)29-15-13-27(14-16-29)25(22-7-5-4-6-8-22)17-23-18-28(3)19-26(23)27/h4-8,20-21,23-26H,9-19H2,1-3H3/t21?,23-,24?,25?,26+/m0/s1. The van der Waals surface area contributed by atoms with Crippen molar-refractivity contribution < 1.29 is 0 Å². The first-order chi connectivity index (χ1) is 14.1. The van der Waals surface area contributed by atoms with Crippen molar-refractivity contribution in [2.24, 2.45) is 29.1 Å². The van der Waals surface area contributed by atoms with Gasteiger partial charge in [0.1, 0.15) is 0 Å². The van der Waals surface area contributed by atoms with Gasteiger partial charge in [0.25, 0.3) is 0 Å². The molecule has 0 bridgehead atoms. The Morgan fingerprint density at radius 1 is 0.931 bits per heavy atom. The molecule has 4 fully saturated rings. The SMILES string of the molecule is CC(C)C1CCC(N2CCC3(CC2)C(c2ccccc2)C[C@H]2CN(C)C[C@H]23)CC1. The fraction of sp³-hybridized carbons (Fsp3) is 0.778. The summed E-state index contributed by atoms with van der Waals surface area (Å²) in [4.78, 5) is 5.54. The van der Waals surface area contributed by atoms with Gasteiger partial charge in [0.2, 0.25) is 0 Å².